The molecule has 0 heterocycles. The molecule has 0 spiro atoms. The lowest BCUT2D eigenvalue weighted by Crippen LogP contribution is -2.53. The van der Waals surface area contributed by atoms with Crippen LogP contribution in [0.25, 0.3) is 0 Å². The number of carbonyl (C=O) groups is 2. The summed E-state index contributed by atoms with van der Waals surface area (Å²) in [6.07, 6.45) is 5.00. The van der Waals surface area contributed by atoms with Crippen molar-refractivity contribution in [1.29, 1.82) is 0 Å². The van der Waals surface area contributed by atoms with Crippen LogP contribution in [0.2, 0.25) is 0 Å². The summed E-state index contributed by atoms with van der Waals surface area (Å²) in [5.41, 5.74) is -0.322. The van der Waals surface area contributed by atoms with Crippen LogP contribution in [0.1, 0.15) is 72.6 Å². The maximum absolute atomic E-state index is 12.8. The second-order valence-corrected chi connectivity index (χ2v) is 9.67. The smallest absolute Gasteiger partial charge is 0.303 e. The molecule has 3 fully saturated rings. The van der Waals surface area contributed by atoms with Gasteiger partial charge in [0.1, 0.15) is 5.78 Å². The van der Waals surface area contributed by atoms with Crippen LogP contribution in [-0.4, -0.2) is 28.1 Å². The Labute approximate surface area is 151 Å². The van der Waals surface area contributed by atoms with Crippen molar-refractivity contribution in [3.05, 3.63) is 0 Å². The Balaban J connectivity index is 1.89. The van der Waals surface area contributed by atoms with E-state index in [-0.39, 0.29) is 23.7 Å². The summed E-state index contributed by atoms with van der Waals surface area (Å²) in [6, 6.07) is 0. The fraction of sp³-hybridized carbons (Fsp3) is 0.905. The van der Waals surface area contributed by atoms with Crippen molar-refractivity contribution in [2.45, 2.75) is 78.7 Å². The van der Waals surface area contributed by atoms with Crippen molar-refractivity contribution in [2.24, 2.45) is 40.4 Å². The van der Waals surface area contributed by atoms with Crippen LogP contribution < -0.4 is 0 Å². The predicted octanol–water partition coefficient (Wildman–Crippen LogP) is 3.91. The zero-order valence-corrected chi connectivity index (χ0v) is 16.1. The third kappa shape index (κ3) is 2.85. The first-order valence-electron chi connectivity index (χ1n) is 10.0. The van der Waals surface area contributed by atoms with Gasteiger partial charge in [0, 0.05) is 18.3 Å². The number of aliphatic hydroxyl groups excluding tert-OH is 1. The Morgan fingerprint density at radius 2 is 1.96 bits per heavy atom. The van der Waals surface area contributed by atoms with Crippen LogP contribution in [0.5, 0.6) is 0 Å². The fourth-order valence-electron chi connectivity index (χ4n) is 7.39. The highest BCUT2D eigenvalue weighted by Gasteiger charge is 2.61. The summed E-state index contributed by atoms with van der Waals surface area (Å²) in [5.74, 6) is 1.68. The lowest BCUT2D eigenvalue weighted by atomic mass is 9.48. The SMILES string of the molecule is CC(O)[C@H]1[C@@H](C)CC2C3CCC(=O)C(C)(CCC(=O)O)C3CCC21C. The molecule has 3 saturated carbocycles. The standard InChI is InChI=1S/C21H34O4/c1-12-11-16-14-5-6-17(23)20(3,10-8-18(24)25)15(14)7-9-21(16,4)19(12)13(2)22/h12-16,19,22H,5-11H2,1-4H3,(H,24,25)/t12-,13?,14?,15?,16?,19+,20?,21?/m0/s1. The molecule has 0 aromatic carbocycles. The van der Waals surface area contributed by atoms with Crippen molar-refractivity contribution in [3.63, 3.8) is 0 Å². The molecule has 8 atom stereocenters. The van der Waals surface area contributed by atoms with Crippen molar-refractivity contribution in [1.82, 2.24) is 0 Å². The van der Waals surface area contributed by atoms with Gasteiger partial charge >= 0.3 is 5.97 Å². The van der Waals surface area contributed by atoms with Gasteiger partial charge in [-0.05, 0) is 74.0 Å². The zero-order chi connectivity index (χ0) is 18.6. The summed E-state index contributed by atoms with van der Waals surface area (Å²) in [6.45, 7) is 8.60. The highest BCUT2D eigenvalue weighted by atomic mass is 16.4. The van der Waals surface area contributed by atoms with E-state index in [1.807, 2.05) is 13.8 Å². The number of aliphatic hydroxyl groups is 1. The molecule has 0 bridgehead atoms. The van der Waals surface area contributed by atoms with Gasteiger partial charge in [-0.3, -0.25) is 9.59 Å². The number of aliphatic carboxylic acids is 1. The molecule has 3 aliphatic carbocycles. The highest BCUT2D eigenvalue weighted by Crippen LogP contribution is 2.66. The summed E-state index contributed by atoms with van der Waals surface area (Å²) in [7, 11) is 0. The molecule has 0 amide bonds. The summed E-state index contributed by atoms with van der Waals surface area (Å²) < 4.78 is 0. The third-order valence-electron chi connectivity index (χ3n) is 8.41. The minimum Gasteiger partial charge on any atom is -0.481 e. The van der Waals surface area contributed by atoms with Crippen molar-refractivity contribution in [3.8, 4) is 0 Å². The zero-order valence-electron chi connectivity index (χ0n) is 16.1. The second-order valence-electron chi connectivity index (χ2n) is 9.67. The molecule has 4 nitrogen and oxygen atoms in total. The first-order chi connectivity index (χ1) is 11.6. The first-order valence-corrected chi connectivity index (χ1v) is 10.0. The number of fused-ring (bicyclic) bond motifs is 3. The van der Waals surface area contributed by atoms with Crippen molar-refractivity contribution in [2.75, 3.05) is 0 Å². The third-order valence-corrected chi connectivity index (χ3v) is 8.41. The molecule has 0 aromatic rings. The summed E-state index contributed by atoms with van der Waals surface area (Å²) in [4.78, 5) is 23.9. The van der Waals surface area contributed by atoms with E-state index >= 15 is 0 Å². The van der Waals surface area contributed by atoms with Crippen molar-refractivity contribution >= 4 is 11.8 Å². The molecule has 6 unspecified atom stereocenters. The van der Waals surface area contributed by atoms with E-state index in [9.17, 15) is 14.7 Å². The number of carboxylic acid groups (broad SMARTS) is 1. The van der Waals surface area contributed by atoms with Crippen molar-refractivity contribution < 1.29 is 19.8 Å². The van der Waals surface area contributed by atoms with Gasteiger partial charge in [-0.1, -0.05) is 20.8 Å². The van der Waals surface area contributed by atoms with Crippen LogP contribution in [0, 0.1) is 40.4 Å². The van der Waals surface area contributed by atoms with E-state index in [0.29, 0.717) is 42.4 Å². The quantitative estimate of drug-likeness (QED) is 0.806. The largest absolute Gasteiger partial charge is 0.481 e. The van der Waals surface area contributed by atoms with Gasteiger partial charge in [-0.2, -0.15) is 0 Å². The van der Waals surface area contributed by atoms with Crippen LogP contribution in [0.3, 0.4) is 0 Å². The molecule has 0 saturated heterocycles. The first kappa shape index (κ1) is 18.9. The Hall–Kier alpha value is -0.900. The number of carbonyl (C=O) groups excluding carboxylic acids is 1. The Bertz CT molecular complexity index is 556. The van der Waals surface area contributed by atoms with E-state index in [2.05, 4.69) is 13.8 Å². The fourth-order valence-corrected chi connectivity index (χ4v) is 7.39. The van der Waals surface area contributed by atoms with Crippen LogP contribution in [-0.2, 0) is 9.59 Å². The molecule has 25 heavy (non-hydrogen) atoms. The van der Waals surface area contributed by atoms with Gasteiger partial charge in [-0.15, -0.1) is 0 Å². The number of Topliss-reactive ketones (excluding diaryl/α,β-unsaturated/α-hetero) is 1. The molecule has 3 aliphatic rings. The Kier molecular flexibility index (Phi) is 4.81. The minimum atomic E-state index is -0.805. The number of hydrogen-bond donors (Lipinski definition) is 2. The second kappa shape index (κ2) is 6.37. The predicted molar refractivity (Wildman–Crippen MR) is 96.0 cm³/mol. The molecule has 0 aliphatic heterocycles. The van der Waals surface area contributed by atoms with Gasteiger partial charge < -0.3 is 10.2 Å². The van der Waals surface area contributed by atoms with Gasteiger partial charge in [0.15, 0.2) is 0 Å². The molecular formula is C21H34O4. The molecule has 2 N–H and O–H groups in total. The summed E-state index contributed by atoms with van der Waals surface area (Å²) >= 11 is 0. The van der Waals surface area contributed by atoms with E-state index in [0.717, 1.165) is 25.7 Å². The van der Waals surface area contributed by atoms with E-state index in [1.54, 1.807) is 0 Å². The van der Waals surface area contributed by atoms with Crippen LogP contribution in [0.4, 0.5) is 0 Å². The van der Waals surface area contributed by atoms with Crippen LogP contribution in [0.15, 0.2) is 0 Å². The lowest BCUT2D eigenvalue weighted by molar-refractivity contribution is -0.149. The molecule has 3 rings (SSSR count). The maximum atomic E-state index is 12.8. The van der Waals surface area contributed by atoms with Gasteiger partial charge in [0.2, 0.25) is 0 Å². The van der Waals surface area contributed by atoms with Gasteiger partial charge in [0.25, 0.3) is 0 Å². The number of rotatable bonds is 4. The molecule has 4 heteroatoms. The Morgan fingerprint density at radius 3 is 2.56 bits per heavy atom. The average molecular weight is 350 g/mol. The maximum Gasteiger partial charge on any atom is 0.303 e. The minimum absolute atomic E-state index is 0.0834. The Morgan fingerprint density at radius 1 is 1.28 bits per heavy atom. The number of ketones is 1. The molecule has 0 radical (unpaired) electrons. The van der Waals surface area contributed by atoms with Gasteiger partial charge in [-0.25, -0.2) is 0 Å². The molecule has 0 aromatic heterocycles. The molecule has 142 valence electrons. The highest BCUT2D eigenvalue weighted by molar-refractivity contribution is 5.86. The molecular weight excluding hydrogens is 316 g/mol. The van der Waals surface area contributed by atoms with E-state index < -0.39 is 11.4 Å². The number of carboxylic acids is 1. The average Bonchev–Trinajstić information content (AvgIpc) is 2.79. The lowest BCUT2D eigenvalue weighted by Gasteiger charge is -2.56. The topological polar surface area (TPSA) is 74.6 Å². The van der Waals surface area contributed by atoms with E-state index in [1.165, 1.54) is 0 Å². The summed E-state index contributed by atoms with van der Waals surface area (Å²) in [5, 5.41) is 19.5. The van der Waals surface area contributed by atoms with Crippen LogP contribution >= 0.6 is 0 Å². The number of hydrogen-bond acceptors (Lipinski definition) is 3. The van der Waals surface area contributed by atoms with E-state index in [4.69, 9.17) is 5.11 Å². The van der Waals surface area contributed by atoms with Gasteiger partial charge in [0.05, 0.1) is 6.10 Å². The normalized spacial score (nSPS) is 47.9. The monoisotopic (exact) mass is 350 g/mol.